The second-order valence-corrected chi connectivity index (χ2v) is 8.05. The molecule has 3 aromatic carbocycles. The third kappa shape index (κ3) is 5.44. The van der Waals surface area contributed by atoms with Crippen molar-refractivity contribution in [2.24, 2.45) is 0 Å². The van der Waals surface area contributed by atoms with Crippen LogP contribution in [0.4, 0.5) is 11.4 Å². The molecular formula is C24H20ClN3O6. The van der Waals surface area contributed by atoms with Gasteiger partial charge in [0.15, 0.2) is 11.5 Å². The molecule has 0 saturated heterocycles. The summed E-state index contributed by atoms with van der Waals surface area (Å²) < 4.78 is 11.0. The molecular weight excluding hydrogens is 462 g/mol. The van der Waals surface area contributed by atoms with Crippen LogP contribution in [-0.2, 0) is 0 Å². The molecule has 0 aromatic heterocycles. The molecule has 4 rings (SSSR count). The summed E-state index contributed by atoms with van der Waals surface area (Å²) in [6.07, 6.45) is 2.01. The summed E-state index contributed by atoms with van der Waals surface area (Å²) in [7, 11) is 1.39. The highest BCUT2D eigenvalue weighted by molar-refractivity contribution is 6.30. The minimum atomic E-state index is -0.601. The average Bonchev–Trinajstić information content (AvgIpc) is 3.64. The average molecular weight is 482 g/mol. The first kappa shape index (κ1) is 23.1. The van der Waals surface area contributed by atoms with Gasteiger partial charge in [-0.15, -0.1) is 0 Å². The van der Waals surface area contributed by atoms with Crippen LogP contribution in [0.1, 0.15) is 33.6 Å². The second kappa shape index (κ2) is 9.80. The number of nitro benzene ring substituents is 1. The lowest BCUT2D eigenvalue weighted by Gasteiger charge is -2.12. The van der Waals surface area contributed by atoms with Crippen LogP contribution in [0.2, 0.25) is 5.02 Å². The zero-order valence-corrected chi connectivity index (χ0v) is 18.8. The van der Waals surface area contributed by atoms with E-state index in [1.165, 1.54) is 43.5 Å². The molecule has 0 aliphatic heterocycles. The Morgan fingerprint density at radius 1 is 0.941 bits per heavy atom. The number of rotatable bonds is 8. The van der Waals surface area contributed by atoms with Crippen molar-refractivity contribution in [2.75, 3.05) is 12.4 Å². The predicted molar refractivity (Wildman–Crippen MR) is 126 cm³/mol. The molecule has 0 bridgehead atoms. The van der Waals surface area contributed by atoms with E-state index < -0.39 is 10.8 Å². The Labute approximate surface area is 199 Å². The summed E-state index contributed by atoms with van der Waals surface area (Å²) in [6, 6.07) is 15.3. The lowest BCUT2D eigenvalue weighted by atomic mass is 10.1. The van der Waals surface area contributed by atoms with E-state index in [0.717, 1.165) is 12.8 Å². The van der Waals surface area contributed by atoms with Crippen LogP contribution in [0, 0.1) is 10.1 Å². The number of amides is 2. The Kier molecular flexibility index (Phi) is 6.65. The maximum absolute atomic E-state index is 12.7. The molecule has 174 valence electrons. The van der Waals surface area contributed by atoms with Crippen LogP contribution in [0.5, 0.6) is 17.2 Å². The van der Waals surface area contributed by atoms with Crippen molar-refractivity contribution in [1.82, 2.24) is 5.32 Å². The van der Waals surface area contributed by atoms with Gasteiger partial charge in [0, 0.05) is 33.9 Å². The molecule has 9 nitrogen and oxygen atoms in total. The van der Waals surface area contributed by atoms with Gasteiger partial charge >= 0.3 is 5.69 Å². The van der Waals surface area contributed by atoms with Gasteiger partial charge in [-0.25, -0.2) is 0 Å². The Morgan fingerprint density at radius 2 is 1.62 bits per heavy atom. The lowest BCUT2D eigenvalue weighted by Crippen LogP contribution is -2.25. The van der Waals surface area contributed by atoms with Crippen LogP contribution in [0.3, 0.4) is 0 Å². The van der Waals surface area contributed by atoms with Crippen LogP contribution in [0.15, 0.2) is 60.7 Å². The number of nitrogens with one attached hydrogen (secondary N) is 2. The number of ether oxygens (including phenoxy) is 2. The number of hydrogen-bond donors (Lipinski definition) is 2. The molecule has 0 atom stereocenters. The molecule has 0 unspecified atom stereocenters. The van der Waals surface area contributed by atoms with Gasteiger partial charge in [-0.05, 0) is 67.4 Å². The number of nitro groups is 1. The first-order valence-electron chi connectivity index (χ1n) is 10.4. The van der Waals surface area contributed by atoms with Crippen LogP contribution < -0.4 is 20.1 Å². The van der Waals surface area contributed by atoms with Crippen molar-refractivity contribution >= 4 is 34.8 Å². The van der Waals surface area contributed by atoms with Crippen LogP contribution in [0.25, 0.3) is 0 Å². The Balaban J connectivity index is 1.47. The number of benzene rings is 3. The second-order valence-electron chi connectivity index (χ2n) is 7.62. The number of methoxy groups -OCH3 is 1. The molecule has 1 fully saturated rings. The molecule has 10 heteroatoms. The van der Waals surface area contributed by atoms with Crippen molar-refractivity contribution in [3.63, 3.8) is 0 Å². The quantitative estimate of drug-likeness (QED) is 0.337. The minimum Gasteiger partial charge on any atom is -0.493 e. The van der Waals surface area contributed by atoms with Crippen LogP contribution >= 0.6 is 11.6 Å². The topological polar surface area (TPSA) is 120 Å². The molecule has 1 aliphatic rings. The highest BCUT2D eigenvalue weighted by Crippen LogP contribution is 2.38. The smallest absolute Gasteiger partial charge is 0.313 e. The van der Waals surface area contributed by atoms with Crippen molar-refractivity contribution in [3.05, 3.63) is 86.9 Å². The molecule has 1 aliphatic carbocycles. The molecule has 34 heavy (non-hydrogen) atoms. The van der Waals surface area contributed by atoms with Gasteiger partial charge in [-0.3, -0.25) is 19.7 Å². The Morgan fingerprint density at radius 3 is 2.26 bits per heavy atom. The number of carbonyl (C=O) groups is 2. The van der Waals surface area contributed by atoms with E-state index in [1.54, 1.807) is 24.3 Å². The zero-order valence-electron chi connectivity index (χ0n) is 18.0. The van der Waals surface area contributed by atoms with Gasteiger partial charge in [-0.2, -0.15) is 0 Å². The zero-order chi connectivity index (χ0) is 24.2. The van der Waals surface area contributed by atoms with Crippen LogP contribution in [-0.4, -0.2) is 29.9 Å². The number of anilines is 1. The highest BCUT2D eigenvalue weighted by atomic mass is 35.5. The first-order chi connectivity index (χ1) is 16.3. The van der Waals surface area contributed by atoms with Gasteiger partial charge in [0.05, 0.1) is 12.0 Å². The fraction of sp³-hybridized carbons (Fsp3) is 0.167. The summed E-state index contributed by atoms with van der Waals surface area (Å²) in [6.45, 7) is 0. The first-order valence-corrected chi connectivity index (χ1v) is 10.7. The highest BCUT2D eigenvalue weighted by Gasteiger charge is 2.24. The van der Waals surface area contributed by atoms with Crippen molar-refractivity contribution in [2.45, 2.75) is 18.9 Å². The van der Waals surface area contributed by atoms with E-state index in [4.69, 9.17) is 21.1 Å². The predicted octanol–water partition coefficient (Wildman–Crippen LogP) is 5.19. The summed E-state index contributed by atoms with van der Waals surface area (Å²) in [4.78, 5) is 35.5. The van der Waals surface area contributed by atoms with E-state index in [-0.39, 0.29) is 45.5 Å². The monoisotopic (exact) mass is 481 g/mol. The van der Waals surface area contributed by atoms with E-state index in [0.29, 0.717) is 11.3 Å². The Bertz CT molecular complexity index is 1260. The third-order valence-corrected chi connectivity index (χ3v) is 5.32. The largest absolute Gasteiger partial charge is 0.493 e. The summed E-state index contributed by atoms with van der Waals surface area (Å²) in [5, 5.41) is 17.2. The number of halogens is 1. The van der Waals surface area contributed by atoms with Crippen molar-refractivity contribution in [1.29, 1.82) is 0 Å². The molecule has 0 radical (unpaired) electrons. The maximum atomic E-state index is 12.7. The number of carbonyl (C=O) groups excluding carboxylic acids is 2. The fourth-order valence-corrected chi connectivity index (χ4v) is 3.30. The summed E-state index contributed by atoms with van der Waals surface area (Å²) in [5.74, 6) is -0.158. The Hall–Kier alpha value is -4.11. The van der Waals surface area contributed by atoms with E-state index >= 15 is 0 Å². The van der Waals surface area contributed by atoms with Gasteiger partial charge in [0.1, 0.15) is 0 Å². The fourth-order valence-electron chi connectivity index (χ4n) is 3.14. The molecule has 3 aromatic rings. The van der Waals surface area contributed by atoms with E-state index in [2.05, 4.69) is 10.6 Å². The van der Waals surface area contributed by atoms with Crippen molar-refractivity contribution in [3.8, 4) is 17.2 Å². The van der Waals surface area contributed by atoms with Gasteiger partial charge in [0.2, 0.25) is 5.75 Å². The third-order valence-electron chi connectivity index (χ3n) is 5.08. The molecule has 0 spiro atoms. The van der Waals surface area contributed by atoms with Gasteiger partial charge < -0.3 is 20.1 Å². The molecule has 0 heterocycles. The van der Waals surface area contributed by atoms with Crippen molar-refractivity contribution < 1.29 is 24.0 Å². The summed E-state index contributed by atoms with van der Waals surface area (Å²) in [5.41, 5.74) is 1.02. The number of hydrogen-bond acceptors (Lipinski definition) is 6. The van der Waals surface area contributed by atoms with E-state index in [9.17, 15) is 19.7 Å². The van der Waals surface area contributed by atoms with Gasteiger partial charge in [0.25, 0.3) is 11.8 Å². The van der Waals surface area contributed by atoms with E-state index in [1.807, 2.05) is 0 Å². The van der Waals surface area contributed by atoms with Gasteiger partial charge in [-0.1, -0.05) is 11.6 Å². The lowest BCUT2D eigenvalue weighted by molar-refractivity contribution is -0.385. The SMILES string of the molecule is COc1cc(C(=O)Nc2ccc(C(=O)NC3CC3)cc2)ccc1Oc1ccc(Cl)cc1[N+](=O)[O-]. The standard InChI is InChI=1S/C24H20ClN3O6/c1-33-22-12-15(4-10-21(22)34-20-11-5-16(25)13-19(20)28(31)32)24(30)27-17-6-2-14(3-7-17)23(29)26-18-8-9-18/h2-7,10-13,18H,8-9H2,1H3,(H,26,29)(H,27,30). The minimum absolute atomic E-state index is 0.0179. The molecule has 1 saturated carbocycles. The molecule has 2 N–H and O–H groups in total. The molecule has 2 amide bonds. The number of nitrogens with zero attached hydrogens (tertiary/aromatic N) is 1. The normalized spacial score (nSPS) is 12.5. The maximum Gasteiger partial charge on any atom is 0.313 e. The summed E-state index contributed by atoms with van der Waals surface area (Å²) >= 11 is 5.84.